The van der Waals surface area contributed by atoms with Crippen LogP contribution in [0.4, 0.5) is 0 Å². The van der Waals surface area contributed by atoms with Crippen molar-refractivity contribution >= 4 is 11.8 Å². The molecule has 0 saturated carbocycles. The molecule has 0 radical (unpaired) electrons. The summed E-state index contributed by atoms with van der Waals surface area (Å²) in [6, 6.07) is 1.46. The number of amides is 2. The predicted octanol–water partition coefficient (Wildman–Crippen LogP) is -1.39. The number of rotatable bonds is 2. The summed E-state index contributed by atoms with van der Waals surface area (Å²) in [7, 11) is 0. The number of aliphatic hydroxyl groups excluding tert-OH is 1. The molecular weight excluding hydrogens is 198 g/mol. The van der Waals surface area contributed by atoms with Gasteiger partial charge in [-0.25, -0.2) is 0 Å². The highest BCUT2D eigenvalue weighted by molar-refractivity contribution is 6.35. The second-order valence-electron chi connectivity index (χ2n) is 3.32. The fraction of sp³-hybridized carbons (Fsp3) is 0.667. The van der Waals surface area contributed by atoms with E-state index in [2.05, 4.69) is 5.32 Å². The SMILES string of the molecule is N#CCNC(=O)C(=O)N1CCCC1CO. The van der Waals surface area contributed by atoms with E-state index in [1.165, 1.54) is 4.90 Å². The molecule has 0 aromatic rings. The van der Waals surface area contributed by atoms with E-state index < -0.39 is 11.8 Å². The van der Waals surface area contributed by atoms with Crippen LogP contribution in [0.2, 0.25) is 0 Å². The highest BCUT2D eigenvalue weighted by Gasteiger charge is 2.31. The highest BCUT2D eigenvalue weighted by atomic mass is 16.3. The van der Waals surface area contributed by atoms with Gasteiger partial charge in [-0.05, 0) is 12.8 Å². The lowest BCUT2D eigenvalue weighted by Gasteiger charge is -2.21. The first-order valence-electron chi connectivity index (χ1n) is 4.77. The van der Waals surface area contributed by atoms with Gasteiger partial charge in [0.25, 0.3) is 0 Å². The number of hydrogen-bond acceptors (Lipinski definition) is 4. The van der Waals surface area contributed by atoms with Crippen LogP contribution in [0, 0.1) is 11.3 Å². The summed E-state index contributed by atoms with van der Waals surface area (Å²) in [6.45, 7) is 0.184. The van der Waals surface area contributed by atoms with Crippen LogP contribution in [0.25, 0.3) is 0 Å². The lowest BCUT2D eigenvalue weighted by molar-refractivity contribution is -0.146. The third-order valence-corrected chi connectivity index (χ3v) is 2.37. The van der Waals surface area contributed by atoms with Gasteiger partial charge < -0.3 is 15.3 Å². The third-order valence-electron chi connectivity index (χ3n) is 2.37. The molecule has 1 aliphatic rings. The second-order valence-corrected chi connectivity index (χ2v) is 3.32. The summed E-state index contributed by atoms with van der Waals surface area (Å²) in [5, 5.41) is 19.4. The monoisotopic (exact) mass is 211 g/mol. The molecule has 6 nitrogen and oxygen atoms in total. The van der Waals surface area contributed by atoms with Crippen LogP contribution in [0.15, 0.2) is 0 Å². The minimum absolute atomic E-state index is 0.128. The van der Waals surface area contributed by atoms with Gasteiger partial charge in [-0.3, -0.25) is 9.59 Å². The molecule has 1 atom stereocenters. The molecule has 1 unspecified atom stereocenters. The highest BCUT2D eigenvalue weighted by Crippen LogP contribution is 2.16. The molecule has 0 aromatic carbocycles. The molecule has 1 rings (SSSR count). The zero-order chi connectivity index (χ0) is 11.3. The second kappa shape index (κ2) is 5.32. The van der Waals surface area contributed by atoms with Crippen LogP contribution in [0.1, 0.15) is 12.8 Å². The summed E-state index contributed by atoms with van der Waals surface area (Å²) in [6.07, 6.45) is 1.51. The Morgan fingerprint density at radius 2 is 2.33 bits per heavy atom. The fourth-order valence-corrected chi connectivity index (χ4v) is 1.62. The number of hydrogen-bond donors (Lipinski definition) is 2. The van der Waals surface area contributed by atoms with Gasteiger partial charge in [-0.1, -0.05) is 0 Å². The average Bonchev–Trinajstić information content (AvgIpc) is 2.72. The zero-order valence-corrected chi connectivity index (χ0v) is 8.27. The predicted molar refractivity (Wildman–Crippen MR) is 50.4 cm³/mol. The first-order valence-corrected chi connectivity index (χ1v) is 4.77. The smallest absolute Gasteiger partial charge is 0.312 e. The van der Waals surface area contributed by atoms with Crippen molar-refractivity contribution < 1.29 is 14.7 Å². The fourth-order valence-electron chi connectivity index (χ4n) is 1.62. The average molecular weight is 211 g/mol. The third kappa shape index (κ3) is 2.67. The zero-order valence-electron chi connectivity index (χ0n) is 8.27. The number of aliphatic hydroxyl groups is 1. The minimum Gasteiger partial charge on any atom is -0.394 e. The van der Waals surface area contributed by atoms with Crippen LogP contribution in [0.3, 0.4) is 0 Å². The Morgan fingerprint density at radius 3 is 2.93 bits per heavy atom. The van der Waals surface area contributed by atoms with E-state index in [9.17, 15) is 9.59 Å². The number of carbonyl (C=O) groups is 2. The van der Waals surface area contributed by atoms with Crippen molar-refractivity contribution in [2.45, 2.75) is 18.9 Å². The maximum atomic E-state index is 11.5. The van der Waals surface area contributed by atoms with Gasteiger partial charge in [-0.2, -0.15) is 5.26 Å². The molecule has 0 spiro atoms. The van der Waals surface area contributed by atoms with Crippen molar-refractivity contribution in [1.82, 2.24) is 10.2 Å². The van der Waals surface area contributed by atoms with Gasteiger partial charge in [-0.15, -0.1) is 0 Å². The van der Waals surface area contributed by atoms with Crippen LogP contribution in [-0.2, 0) is 9.59 Å². The van der Waals surface area contributed by atoms with Crippen LogP contribution in [0.5, 0.6) is 0 Å². The summed E-state index contributed by atoms with van der Waals surface area (Å²) >= 11 is 0. The molecule has 0 aliphatic carbocycles. The van der Waals surface area contributed by atoms with E-state index in [1.54, 1.807) is 6.07 Å². The van der Waals surface area contributed by atoms with Gasteiger partial charge in [0, 0.05) is 6.54 Å². The molecule has 6 heteroatoms. The van der Waals surface area contributed by atoms with Crippen molar-refractivity contribution in [3.05, 3.63) is 0 Å². The molecule has 1 saturated heterocycles. The number of nitriles is 1. The van der Waals surface area contributed by atoms with E-state index in [4.69, 9.17) is 10.4 Å². The molecule has 1 fully saturated rings. The number of carbonyl (C=O) groups excluding carboxylic acids is 2. The number of nitrogens with zero attached hydrogens (tertiary/aromatic N) is 2. The largest absolute Gasteiger partial charge is 0.394 e. The van der Waals surface area contributed by atoms with Gasteiger partial charge in [0.05, 0.1) is 18.7 Å². The van der Waals surface area contributed by atoms with E-state index >= 15 is 0 Å². The van der Waals surface area contributed by atoms with E-state index in [0.29, 0.717) is 13.0 Å². The molecule has 82 valence electrons. The topological polar surface area (TPSA) is 93.4 Å². The van der Waals surface area contributed by atoms with Gasteiger partial charge in [0.1, 0.15) is 6.54 Å². The van der Waals surface area contributed by atoms with Crippen LogP contribution < -0.4 is 5.32 Å². The Hall–Kier alpha value is -1.61. The van der Waals surface area contributed by atoms with E-state index in [-0.39, 0.29) is 19.2 Å². The van der Waals surface area contributed by atoms with Crippen molar-refractivity contribution in [2.75, 3.05) is 19.7 Å². The molecule has 2 N–H and O–H groups in total. The molecule has 1 heterocycles. The van der Waals surface area contributed by atoms with Crippen LogP contribution in [-0.4, -0.2) is 47.6 Å². The summed E-state index contributed by atoms with van der Waals surface area (Å²) in [4.78, 5) is 24.1. The Balaban J connectivity index is 2.52. The molecule has 15 heavy (non-hydrogen) atoms. The van der Waals surface area contributed by atoms with Gasteiger partial charge >= 0.3 is 11.8 Å². The Morgan fingerprint density at radius 1 is 1.60 bits per heavy atom. The summed E-state index contributed by atoms with van der Waals surface area (Å²) in [5.41, 5.74) is 0. The molecular formula is C9H13N3O3. The molecule has 2 amide bonds. The van der Waals surface area contributed by atoms with E-state index in [0.717, 1.165) is 6.42 Å². The van der Waals surface area contributed by atoms with Crippen molar-refractivity contribution in [1.29, 1.82) is 5.26 Å². The maximum Gasteiger partial charge on any atom is 0.312 e. The maximum absolute atomic E-state index is 11.5. The van der Waals surface area contributed by atoms with Crippen LogP contribution >= 0.6 is 0 Å². The minimum atomic E-state index is -0.781. The van der Waals surface area contributed by atoms with Crippen molar-refractivity contribution in [2.24, 2.45) is 0 Å². The quantitative estimate of drug-likeness (QED) is 0.434. The van der Waals surface area contributed by atoms with Crippen molar-refractivity contribution in [3.8, 4) is 6.07 Å². The Bertz CT molecular complexity index is 297. The van der Waals surface area contributed by atoms with Crippen molar-refractivity contribution in [3.63, 3.8) is 0 Å². The standard InChI is InChI=1S/C9H13N3O3/c10-3-4-11-8(14)9(15)12-5-1-2-7(12)6-13/h7,13H,1-2,4-6H2,(H,11,14). The molecule has 0 bridgehead atoms. The normalized spacial score (nSPS) is 19.7. The Labute approximate surface area is 87.5 Å². The summed E-state index contributed by atoms with van der Waals surface area (Å²) in [5.74, 6) is -1.45. The summed E-state index contributed by atoms with van der Waals surface area (Å²) < 4.78 is 0. The van der Waals surface area contributed by atoms with Gasteiger partial charge in [0.15, 0.2) is 0 Å². The number of nitrogens with one attached hydrogen (secondary N) is 1. The number of likely N-dealkylation sites (tertiary alicyclic amines) is 1. The first-order chi connectivity index (χ1) is 7.20. The lowest BCUT2D eigenvalue weighted by Crippen LogP contribution is -2.46. The van der Waals surface area contributed by atoms with Gasteiger partial charge in [0.2, 0.25) is 0 Å². The van der Waals surface area contributed by atoms with E-state index in [1.807, 2.05) is 0 Å². The molecule has 0 aromatic heterocycles. The first kappa shape index (κ1) is 11.5. The lowest BCUT2D eigenvalue weighted by atomic mass is 10.2. The Kier molecular flexibility index (Phi) is 4.06. The molecule has 1 aliphatic heterocycles.